The van der Waals surface area contributed by atoms with E-state index in [4.69, 9.17) is 0 Å². The quantitative estimate of drug-likeness (QED) is 0.141. The molecule has 0 amide bonds. The van der Waals surface area contributed by atoms with Gasteiger partial charge < -0.3 is 40.9 Å². The highest BCUT2D eigenvalue weighted by Gasteiger charge is 2.27. The van der Waals surface area contributed by atoms with Gasteiger partial charge in [0.1, 0.15) is 11.5 Å². The second-order valence-electron chi connectivity index (χ2n) is 9.54. The Morgan fingerprint density at radius 1 is 0.474 bits per heavy atom. The first-order chi connectivity index (χ1) is 18.1. The molecule has 0 spiro atoms. The lowest BCUT2D eigenvalue weighted by atomic mass is 9.75. The molecular formula is C30H30O8. The Bertz CT molecular complexity index is 1350. The van der Waals surface area contributed by atoms with Gasteiger partial charge in [-0.05, 0) is 108 Å². The predicted octanol–water partition coefficient (Wildman–Crippen LogP) is 5.15. The number of aromatic hydroxyl groups is 8. The molecule has 0 bridgehead atoms. The molecule has 0 aliphatic carbocycles. The van der Waals surface area contributed by atoms with Gasteiger partial charge >= 0.3 is 0 Å². The molecule has 2 atom stereocenters. The van der Waals surface area contributed by atoms with Crippen LogP contribution in [-0.4, -0.2) is 40.9 Å². The van der Waals surface area contributed by atoms with Crippen molar-refractivity contribution in [2.24, 2.45) is 5.92 Å². The van der Waals surface area contributed by atoms with Gasteiger partial charge in [0.05, 0.1) is 0 Å². The molecule has 0 aromatic heterocycles. The van der Waals surface area contributed by atoms with Crippen molar-refractivity contribution < 1.29 is 40.9 Å². The van der Waals surface area contributed by atoms with Crippen molar-refractivity contribution in [2.45, 2.75) is 31.6 Å². The van der Waals surface area contributed by atoms with Crippen molar-refractivity contribution >= 4 is 0 Å². The average Bonchev–Trinajstić information content (AvgIpc) is 2.89. The van der Waals surface area contributed by atoms with Crippen LogP contribution in [0.15, 0.2) is 72.8 Å². The van der Waals surface area contributed by atoms with Crippen LogP contribution in [0.25, 0.3) is 0 Å². The van der Waals surface area contributed by atoms with Crippen LogP contribution in [-0.2, 0) is 19.3 Å². The first-order valence-electron chi connectivity index (χ1n) is 12.1. The molecule has 0 fully saturated rings. The molecule has 38 heavy (non-hydrogen) atoms. The normalized spacial score (nSPS) is 12.7. The first-order valence-corrected chi connectivity index (χ1v) is 12.1. The molecule has 8 nitrogen and oxygen atoms in total. The molecule has 198 valence electrons. The fourth-order valence-corrected chi connectivity index (χ4v) is 4.82. The number of phenols is 8. The summed E-state index contributed by atoms with van der Waals surface area (Å²) in [5.74, 6) is -3.11. The van der Waals surface area contributed by atoms with Gasteiger partial charge in [0, 0.05) is 0 Å². The Morgan fingerprint density at radius 3 is 1.37 bits per heavy atom. The average molecular weight is 519 g/mol. The summed E-state index contributed by atoms with van der Waals surface area (Å²) in [7, 11) is 0. The third kappa shape index (κ3) is 6.15. The van der Waals surface area contributed by atoms with Crippen molar-refractivity contribution in [3.05, 3.63) is 95.1 Å². The number of hydrogen-bond acceptors (Lipinski definition) is 8. The summed E-state index contributed by atoms with van der Waals surface area (Å²) in [5.41, 5.74) is 3.03. The molecule has 0 saturated heterocycles. The summed E-state index contributed by atoms with van der Waals surface area (Å²) >= 11 is 0. The van der Waals surface area contributed by atoms with Crippen LogP contribution in [0, 0.1) is 5.92 Å². The number of benzene rings is 4. The zero-order valence-electron chi connectivity index (χ0n) is 20.5. The summed E-state index contributed by atoms with van der Waals surface area (Å²) in [5, 5.41) is 79.6. The Labute approximate surface area is 219 Å². The summed E-state index contributed by atoms with van der Waals surface area (Å²) in [6.45, 7) is 0. The molecule has 0 heterocycles. The van der Waals surface area contributed by atoms with Crippen LogP contribution in [0.5, 0.6) is 46.0 Å². The summed E-state index contributed by atoms with van der Waals surface area (Å²) < 4.78 is 0. The molecule has 8 N–H and O–H groups in total. The maximum atomic E-state index is 10.3. The lowest BCUT2D eigenvalue weighted by Crippen LogP contribution is -2.19. The van der Waals surface area contributed by atoms with E-state index >= 15 is 0 Å². The lowest BCUT2D eigenvalue weighted by molar-refractivity contribution is 0.357. The Kier molecular flexibility index (Phi) is 7.71. The third-order valence-corrected chi connectivity index (χ3v) is 6.85. The Morgan fingerprint density at radius 2 is 0.895 bits per heavy atom. The Hall–Kier alpha value is -4.72. The maximum absolute atomic E-state index is 10.3. The van der Waals surface area contributed by atoms with Crippen LogP contribution < -0.4 is 0 Å². The third-order valence-electron chi connectivity index (χ3n) is 6.85. The van der Waals surface area contributed by atoms with E-state index in [1.165, 1.54) is 24.3 Å². The van der Waals surface area contributed by atoms with Gasteiger partial charge in [-0.15, -0.1) is 0 Å². The van der Waals surface area contributed by atoms with E-state index in [1.54, 1.807) is 36.4 Å². The highest BCUT2D eigenvalue weighted by molar-refractivity contribution is 5.53. The standard InChI is InChI=1S/C30H30O8/c31-22-7-2-17(3-8-22)11-20(6-1-19-13-25(33)29(37)26(34)14-19)24(12-18-4-9-23(32)10-5-18)21-15-27(35)30(38)28(36)16-21/h2-5,7-10,13-16,20,24,31-38H,1,6,11-12H2/t20-,24-/m1/s1. The fraction of sp³-hybridized carbons (Fsp3) is 0.200. The highest BCUT2D eigenvalue weighted by Crippen LogP contribution is 2.43. The van der Waals surface area contributed by atoms with E-state index in [2.05, 4.69) is 0 Å². The number of aryl methyl sites for hydroxylation is 1. The monoisotopic (exact) mass is 518 g/mol. The van der Waals surface area contributed by atoms with Crippen LogP contribution in [0.3, 0.4) is 0 Å². The molecular weight excluding hydrogens is 488 g/mol. The van der Waals surface area contributed by atoms with Gasteiger partial charge in [-0.2, -0.15) is 0 Å². The molecule has 4 rings (SSSR count). The second-order valence-corrected chi connectivity index (χ2v) is 9.54. The number of hydrogen-bond donors (Lipinski definition) is 8. The van der Waals surface area contributed by atoms with Gasteiger partial charge in [-0.3, -0.25) is 0 Å². The van der Waals surface area contributed by atoms with Crippen molar-refractivity contribution in [2.75, 3.05) is 0 Å². The van der Waals surface area contributed by atoms with Crippen LogP contribution in [0.1, 0.15) is 34.6 Å². The van der Waals surface area contributed by atoms with Crippen molar-refractivity contribution in [3.8, 4) is 46.0 Å². The largest absolute Gasteiger partial charge is 0.508 e. The van der Waals surface area contributed by atoms with E-state index in [1.807, 2.05) is 12.1 Å². The van der Waals surface area contributed by atoms with E-state index in [-0.39, 0.29) is 23.3 Å². The minimum Gasteiger partial charge on any atom is -0.508 e. The minimum absolute atomic E-state index is 0.123. The molecule has 0 aliphatic rings. The number of phenolic OH excluding ortho intramolecular Hbond substituents is 8. The van der Waals surface area contributed by atoms with E-state index < -0.39 is 34.5 Å². The smallest absolute Gasteiger partial charge is 0.200 e. The Balaban J connectivity index is 1.75. The van der Waals surface area contributed by atoms with Crippen LogP contribution in [0.4, 0.5) is 0 Å². The van der Waals surface area contributed by atoms with Crippen LogP contribution >= 0.6 is 0 Å². The second kappa shape index (κ2) is 11.1. The minimum atomic E-state index is -0.609. The van der Waals surface area contributed by atoms with Gasteiger partial charge in [-0.25, -0.2) is 0 Å². The molecule has 8 heteroatoms. The zero-order chi connectivity index (χ0) is 27.4. The molecule has 4 aromatic rings. The number of rotatable bonds is 9. The summed E-state index contributed by atoms with van der Waals surface area (Å²) in [6.07, 6.45) is 1.97. The zero-order valence-corrected chi connectivity index (χ0v) is 20.5. The molecule has 0 unspecified atom stereocenters. The van der Waals surface area contributed by atoms with Gasteiger partial charge in [0.15, 0.2) is 34.5 Å². The lowest BCUT2D eigenvalue weighted by Gasteiger charge is -2.29. The summed E-state index contributed by atoms with van der Waals surface area (Å²) in [6, 6.07) is 19.2. The molecule has 0 aliphatic heterocycles. The fourth-order valence-electron chi connectivity index (χ4n) is 4.82. The van der Waals surface area contributed by atoms with E-state index in [0.29, 0.717) is 36.8 Å². The predicted molar refractivity (Wildman–Crippen MR) is 141 cm³/mol. The summed E-state index contributed by atoms with van der Waals surface area (Å²) in [4.78, 5) is 0. The van der Waals surface area contributed by atoms with Crippen molar-refractivity contribution in [3.63, 3.8) is 0 Å². The van der Waals surface area contributed by atoms with Crippen LogP contribution in [0.2, 0.25) is 0 Å². The van der Waals surface area contributed by atoms with Gasteiger partial charge in [0.25, 0.3) is 0 Å². The van der Waals surface area contributed by atoms with Crippen molar-refractivity contribution in [1.29, 1.82) is 0 Å². The highest BCUT2D eigenvalue weighted by atomic mass is 16.3. The van der Waals surface area contributed by atoms with Gasteiger partial charge in [0.2, 0.25) is 0 Å². The van der Waals surface area contributed by atoms with Gasteiger partial charge in [-0.1, -0.05) is 24.3 Å². The van der Waals surface area contributed by atoms with Crippen molar-refractivity contribution in [1.82, 2.24) is 0 Å². The molecule has 0 radical (unpaired) electrons. The molecule has 4 aromatic carbocycles. The maximum Gasteiger partial charge on any atom is 0.200 e. The van der Waals surface area contributed by atoms with E-state index in [0.717, 1.165) is 11.1 Å². The topological polar surface area (TPSA) is 162 Å². The first kappa shape index (κ1) is 26.3. The van der Waals surface area contributed by atoms with E-state index in [9.17, 15) is 40.9 Å². The molecule has 0 saturated carbocycles. The SMILES string of the molecule is Oc1ccc(C[C@@H](CCc2cc(O)c(O)c(O)c2)[C@@H](Cc2ccc(O)cc2)c2cc(O)c(O)c(O)c2)cc1.